The van der Waals surface area contributed by atoms with Gasteiger partial charge in [-0.25, -0.2) is 0 Å². The van der Waals surface area contributed by atoms with Gasteiger partial charge in [-0.15, -0.1) is 11.3 Å². The minimum absolute atomic E-state index is 0.000674. The quantitative estimate of drug-likeness (QED) is 0.683. The zero-order valence-corrected chi connectivity index (χ0v) is 12.8. The first kappa shape index (κ1) is 16.7. The molecule has 0 radical (unpaired) electrons. The maximum absolute atomic E-state index is 11.7. The summed E-state index contributed by atoms with van der Waals surface area (Å²) in [7, 11) is 1.62. The van der Waals surface area contributed by atoms with Crippen molar-refractivity contribution in [2.45, 2.75) is 32.2 Å². The Bertz CT molecular complexity index is 407. The third-order valence-corrected chi connectivity index (χ3v) is 3.71. The number of carbonyl (C=O) groups excluding carboxylic acids is 2. The highest BCUT2D eigenvalue weighted by Crippen LogP contribution is 2.07. The molecule has 0 fully saturated rings. The van der Waals surface area contributed by atoms with Gasteiger partial charge in [-0.1, -0.05) is 13.0 Å². The predicted molar refractivity (Wildman–Crippen MR) is 80.0 cm³/mol. The zero-order valence-electron chi connectivity index (χ0n) is 12.0. The van der Waals surface area contributed by atoms with Crippen molar-refractivity contribution in [1.82, 2.24) is 10.6 Å². The molecule has 112 valence electrons. The molecule has 0 aliphatic carbocycles. The molecule has 1 rings (SSSR count). The van der Waals surface area contributed by atoms with Gasteiger partial charge in [-0.3, -0.25) is 9.59 Å². The van der Waals surface area contributed by atoms with E-state index in [9.17, 15) is 9.59 Å². The van der Waals surface area contributed by atoms with Gasteiger partial charge in [0.1, 0.15) is 0 Å². The lowest BCUT2D eigenvalue weighted by Crippen LogP contribution is -2.37. The van der Waals surface area contributed by atoms with Crippen molar-refractivity contribution < 1.29 is 14.3 Å². The molecule has 0 saturated carbocycles. The van der Waals surface area contributed by atoms with E-state index in [0.717, 1.165) is 6.42 Å². The van der Waals surface area contributed by atoms with Crippen molar-refractivity contribution in [2.24, 2.45) is 0 Å². The summed E-state index contributed by atoms with van der Waals surface area (Å²) in [4.78, 5) is 24.0. The number of ether oxygens (including phenoxy) is 1. The van der Waals surface area contributed by atoms with E-state index >= 15 is 0 Å². The van der Waals surface area contributed by atoms with Crippen LogP contribution in [0.2, 0.25) is 0 Å². The molecule has 1 aromatic heterocycles. The Labute approximate surface area is 123 Å². The summed E-state index contributed by atoms with van der Waals surface area (Å²) < 4.78 is 5.02. The van der Waals surface area contributed by atoms with Crippen molar-refractivity contribution >= 4 is 23.2 Å². The van der Waals surface area contributed by atoms with Gasteiger partial charge in [0, 0.05) is 20.1 Å². The second kappa shape index (κ2) is 9.50. The minimum Gasteiger partial charge on any atom is -0.383 e. The third-order valence-electron chi connectivity index (χ3n) is 2.84. The molecule has 1 atom stereocenters. The van der Waals surface area contributed by atoms with E-state index in [0.29, 0.717) is 30.9 Å². The lowest BCUT2D eigenvalue weighted by Gasteiger charge is -2.15. The molecule has 0 spiro atoms. The Balaban J connectivity index is 2.14. The molecular formula is C14H22N2O3S. The lowest BCUT2D eigenvalue weighted by atomic mass is 10.2. The molecule has 0 saturated heterocycles. The Morgan fingerprint density at radius 1 is 1.45 bits per heavy atom. The van der Waals surface area contributed by atoms with Gasteiger partial charge in [-0.05, 0) is 24.3 Å². The first-order valence-electron chi connectivity index (χ1n) is 6.77. The van der Waals surface area contributed by atoms with Gasteiger partial charge in [0.2, 0.25) is 5.91 Å². The molecule has 2 N–H and O–H groups in total. The first-order valence-corrected chi connectivity index (χ1v) is 7.65. The molecule has 1 aromatic rings. The number of hydrogen-bond acceptors (Lipinski definition) is 4. The molecule has 2 amide bonds. The van der Waals surface area contributed by atoms with Crippen molar-refractivity contribution in [3.63, 3.8) is 0 Å². The Morgan fingerprint density at radius 2 is 2.25 bits per heavy atom. The SMILES string of the molecule is CCC(COC)NC(=O)CCCNC(=O)c1cccs1. The van der Waals surface area contributed by atoms with E-state index in [1.807, 2.05) is 18.4 Å². The smallest absolute Gasteiger partial charge is 0.261 e. The Kier molecular flexibility index (Phi) is 7.91. The topological polar surface area (TPSA) is 67.4 Å². The number of amides is 2. The third kappa shape index (κ3) is 6.16. The monoisotopic (exact) mass is 298 g/mol. The molecular weight excluding hydrogens is 276 g/mol. The number of hydrogen-bond donors (Lipinski definition) is 2. The van der Waals surface area contributed by atoms with E-state index in [1.165, 1.54) is 11.3 Å². The van der Waals surface area contributed by atoms with Crippen LogP contribution >= 0.6 is 11.3 Å². The van der Waals surface area contributed by atoms with Gasteiger partial charge in [-0.2, -0.15) is 0 Å². The van der Waals surface area contributed by atoms with Crippen molar-refractivity contribution in [2.75, 3.05) is 20.3 Å². The second-order valence-corrected chi connectivity index (χ2v) is 5.41. The van der Waals surface area contributed by atoms with E-state index < -0.39 is 0 Å². The van der Waals surface area contributed by atoms with Crippen LogP contribution in [0.15, 0.2) is 17.5 Å². The van der Waals surface area contributed by atoms with Gasteiger partial charge in [0.15, 0.2) is 0 Å². The number of carbonyl (C=O) groups is 2. The van der Waals surface area contributed by atoms with Crippen molar-refractivity contribution in [3.05, 3.63) is 22.4 Å². The summed E-state index contributed by atoms with van der Waals surface area (Å²) in [5, 5.41) is 7.57. The molecule has 0 aliphatic heterocycles. The average Bonchev–Trinajstić information content (AvgIpc) is 2.97. The number of rotatable bonds is 9. The molecule has 0 aliphatic rings. The molecule has 1 heterocycles. The summed E-state index contributed by atoms with van der Waals surface area (Å²) in [6, 6.07) is 3.69. The number of methoxy groups -OCH3 is 1. The molecule has 6 heteroatoms. The molecule has 1 unspecified atom stereocenters. The fourth-order valence-corrected chi connectivity index (χ4v) is 2.35. The van der Waals surface area contributed by atoms with Gasteiger partial charge >= 0.3 is 0 Å². The van der Waals surface area contributed by atoms with Crippen LogP contribution in [0, 0.1) is 0 Å². The van der Waals surface area contributed by atoms with Crippen LogP contribution in [0.1, 0.15) is 35.9 Å². The molecule has 0 bridgehead atoms. The van der Waals surface area contributed by atoms with Gasteiger partial charge in [0.25, 0.3) is 5.91 Å². The van der Waals surface area contributed by atoms with Gasteiger partial charge in [0.05, 0.1) is 17.5 Å². The van der Waals surface area contributed by atoms with E-state index in [4.69, 9.17) is 4.74 Å². The van der Waals surface area contributed by atoms with E-state index in [1.54, 1.807) is 13.2 Å². The van der Waals surface area contributed by atoms with E-state index in [2.05, 4.69) is 10.6 Å². The van der Waals surface area contributed by atoms with E-state index in [-0.39, 0.29) is 17.9 Å². The molecule has 20 heavy (non-hydrogen) atoms. The largest absolute Gasteiger partial charge is 0.383 e. The van der Waals surface area contributed by atoms with Crippen LogP contribution in [0.25, 0.3) is 0 Å². The van der Waals surface area contributed by atoms with Crippen LogP contribution in [-0.2, 0) is 9.53 Å². The summed E-state index contributed by atoms with van der Waals surface area (Å²) >= 11 is 1.41. The lowest BCUT2D eigenvalue weighted by molar-refractivity contribution is -0.122. The highest BCUT2D eigenvalue weighted by atomic mass is 32.1. The Morgan fingerprint density at radius 3 is 2.85 bits per heavy atom. The number of thiophene rings is 1. The highest BCUT2D eigenvalue weighted by Gasteiger charge is 2.10. The predicted octanol–water partition coefficient (Wildman–Crippen LogP) is 1.80. The van der Waals surface area contributed by atoms with Crippen molar-refractivity contribution in [3.8, 4) is 0 Å². The van der Waals surface area contributed by atoms with Crippen LogP contribution in [-0.4, -0.2) is 38.1 Å². The summed E-state index contributed by atoms with van der Waals surface area (Å²) in [6.07, 6.45) is 1.88. The van der Waals surface area contributed by atoms with Crippen molar-refractivity contribution in [1.29, 1.82) is 0 Å². The normalized spacial score (nSPS) is 11.9. The Hall–Kier alpha value is -1.40. The first-order chi connectivity index (χ1) is 9.67. The summed E-state index contributed by atoms with van der Waals surface area (Å²) in [5.41, 5.74) is 0. The zero-order chi connectivity index (χ0) is 14.8. The van der Waals surface area contributed by atoms with Crippen LogP contribution < -0.4 is 10.6 Å². The molecule has 0 aromatic carbocycles. The maximum atomic E-state index is 11.7. The minimum atomic E-state index is -0.0776. The summed E-state index contributed by atoms with van der Waals surface area (Å²) in [5.74, 6) is -0.0782. The fourth-order valence-electron chi connectivity index (χ4n) is 1.71. The standard InChI is InChI=1S/C14H22N2O3S/c1-3-11(10-19-2)16-13(17)7-4-8-15-14(18)12-6-5-9-20-12/h5-6,9,11H,3-4,7-8,10H2,1-2H3,(H,15,18)(H,16,17). The highest BCUT2D eigenvalue weighted by molar-refractivity contribution is 7.12. The average molecular weight is 298 g/mol. The second-order valence-electron chi connectivity index (χ2n) is 4.46. The number of nitrogens with one attached hydrogen (secondary N) is 2. The van der Waals surface area contributed by atoms with Crippen LogP contribution in [0.5, 0.6) is 0 Å². The fraction of sp³-hybridized carbons (Fsp3) is 0.571. The van der Waals surface area contributed by atoms with Gasteiger partial charge < -0.3 is 15.4 Å². The van der Waals surface area contributed by atoms with Crippen LogP contribution in [0.3, 0.4) is 0 Å². The maximum Gasteiger partial charge on any atom is 0.261 e. The molecule has 5 nitrogen and oxygen atoms in total. The summed E-state index contributed by atoms with van der Waals surface area (Å²) in [6.45, 7) is 3.04. The van der Waals surface area contributed by atoms with Crippen LogP contribution in [0.4, 0.5) is 0 Å².